The van der Waals surface area contributed by atoms with E-state index in [-0.39, 0.29) is 42.0 Å². The van der Waals surface area contributed by atoms with Crippen molar-refractivity contribution in [2.75, 3.05) is 9.80 Å². The van der Waals surface area contributed by atoms with Crippen molar-refractivity contribution in [1.29, 1.82) is 0 Å². The van der Waals surface area contributed by atoms with Crippen LogP contribution in [0.3, 0.4) is 0 Å². The van der Waals surface area contributed by atoms with E-state index in [1.165, 1.54) is 62.4 Å². The number of carbonyl (C=O) groups is 6. The fourth-order valence-corrected chi connectivity index (χ4v) is 3.33. The molecule has 0 unspecified atom stereocenters. The normalized spacial score (nSPS) is 14.7. The summed E-state index contributed by atoms with van der Waals surface area (Å²) in [6.07, 6.45) is 2.39. The number of rotatable bonds is 4. The number of benzene rings is 2. The van der Waals surface area contributed by atoms with Crippen LogP contribution in [-0.4, -0.2) is 45.8 Å². The number of para-hydroxylation sites is 2. The van der Waals surface area contributed by atoms with Gasteiger partial charge in [0, 0.05) is 42.8 Å². The third-order valence-electron chi connectivity index (χ3n) is 4.95. The van der Waals surface area contributed by atoms with Gasteiger partial charge in [-0.15, -0.1) is 0 Å². The monoisotopic (exact) mass is 526 g/mol. The number of carboxylic acid groups (broad SMARTS) is 2. The molecule has 0 aliphatic carbocycles. The van der Waals surface area contributed by atoms with Gasteiger partial charge in [-0.2, -0.15) is 0 Å². The average molecular weight is 528 g/mol. The van der Waals surface area contributed by atoms with Gasteiger partial charge in [0.05, 0.1) is 22.5 Å². The minimum atomic E-state index is -1.18. The predicted molar refractivity (Wildman–Crippen MR) is 119 cm³/mol. The molecule has 4 amide bonds. The molecule has 0 radical (unpaired) electrons. The van der Waals surface area contributed by atoms with Gasteiger partial charge in [0.1, 0.15) is 0 Å². The Kier molecular flexibility index (Phi) is 8.33. The van der Waals surface area contributed by atoms with E-state index in [9.17, 15) is 28.8 Å². The van der Waals surface area contributed by atoms with Gasteiger partial charge in [-0.1, -0.05) is 24.3 Å². The number of nitrogens with zero attached hydrogens (tertiary/aromatic N) is 2. The van der Waals surface area contributed by atoms with Crippen LogP contribution in [0.4, 0.5) is 11.4 Å². The molecule has 0 spiro atoms. The third kappa shape index (κ3) is 5.30. The van der Waals surface area contributed by atoms with Crippen molar-refractivity contribution in [2.45, 2.75) is 13.8 Å². The fraction of sp³-hybridized carbons (Fsp3) is 0.0833. The number of hydrogen-bond donors (Lipinski definition) is 2. The van der Waals surface area contributed by atoms with E-state index in [2.05, 4.69) is 0 Å². The Morgan fingerprint density at radius 2 is 0.943 bits per heavy atom. The number of aromatic carboxylic acids is 2. The zero-order valence-corrected chi connectivity index (χ0v) is 21.7. The molecule has 0 fully saturated rings. The Bertz CT molecular complexity index is 1230. The molecule has 0 saturated carbocycles. The topological polar surface area (TPSA) is 149 Å². The molecule has 0 bridgehead atoms. The van der Waals surface area contributed by atoms with E-state index in [4.69, 9.17) is 10.2 Å². The van der Waals surface area contributed by atoms with E-state index in [0.717, 1.165) is 9.80 Å². The van der Waals surface area contributed by atoms with Crippen LogP contribution >= 0.6 is 0 Å². The number of anilines is 2. The molecule has 2 N–H and O–H groups in total. The number of amides is 4. The van der Waals surface area contributed by atoms with E-state index >= 15 is 0 Å². The quantitative estimate of drug-likeness (QED) is 0.455. The van der Waals surface area contributed by atoms with Crippen LogP contribution in [0.1, 0.15) is 34.6 Å². The fourth-order valence-electron chi connectivity index (χ4n) is 3.33. The van der Waals surface area contributed by atoms with Gasteiger partial charge in [0.2, 0.25) is 0 Å². The summed E-state index contributed by atoms with van der Waals surface area (Å²) in [6, 6.07) is 11.8. The predicted octanol–water partition coefficient (Wildman–Crippen LogP) is 2.41. The minimum absolute atomic E-state index is 0. The Hall–Kier alpha value is -4.24. The molecule has 2 aliphatic heterocycles. The summed E-state index contributed by atoms with van der Waals surface area (Å²) >= 11 is 0. The number of carboxylic acids is 2. The van der Waals surface area contributed by atoms with Gasteiger partial charge in [-0.05, 0) is 38.1 Å². The van der Waals surface area contributed by atoms with Crippen LogP contribution in [0.25, 0.3) is 0 Å². The molecule has 10 nitrogen and oxygen atoms in total. The minimum Gasteiger partial charge on any atom is -0.478 e. The average Bonchev–Trinajstić information content (AvgIpc) is 3.20. The summed E-state index contributed by atoms with van der Waals surface area (Å²) in [6.45, 7) is 3.03. The summed E-state index contributed by atoms with van der Waals surface area (Å²) in [4.78, 5) is 70.4. The van der Waals surface area contributed by atoms with Gasteiger partial charge in [0.15, 0.2) is 0 Å². The second kappa shape index (κ2) is 10.8. The Morgan fingerprint density at radius 1 is 0.629 bits per heavy atom. The van der Waals surface area contributed by atoms with Crippen molar-refractivity contribution >= 4 is 46.9 Å². The number of imide groups is 2. The van der Waals surface area contributed by atoms with Crippen molar-refractivity contribution in [3.8, 4) is 0 Å². The molecule has 2 aromatic carbocycles. The molecule has 2 heterocycles. The van der Waals surface area contributed by atoms with Crippen molar-refractivity contribution in [1.82, 2.24) is 0 Å². The number of hydrogen-bond acceptors (Lipinski definition) is 6. The second-order valence-electron chi connectivity index (χ2n) is 7.26. The van der Waals surface area contributed by atoms with Crippen LogP contribution in [0.5, 0.6) is 0 Å². The zero-order chi connectivity index (χ0) is 25.2. The summed E-state index contributed by atoms with van der Waals surface area (Å²) in [5, 5.41) is 18.0. The summed E-state index contributed by atoms with van der Waals surface area (Å²) in [5.41, 5.74) is 0.659. The van der Waals surface area contributed by atoms with Crippen LogP contribution in [0, 0.1) is 0 Å². The van der Waals surface area contributed by atoms with Crippen LogP contribution < -0.4 is 9.80 Å². The standard InChI is InChI=1S/2C12H9NO4.Zn/c2*1-7-6-10(14)13(11(7)15)9-5-3-2-4-8(9)12(16)17;/h2*2-6H,1H3,(H,16,17);. The first-order chi connectivity index (χ1) is 16.0. The van der Waals surface area contributed by atoms with E-state index in [0.29, 0.717) is 11.1 Å². The molecule has 0 aromatic heterocycles. The first-order valence-corrected chi connectivity index (χ1v) is 9.82. The van der Waals surface area contributed by atoms with Gasteiger partial charge in [-0.25, -0.2) is 19.4 Å². The van der Waals surface area contributed by atoms with E-state index in [1.807, 2.05) is 0 Å². The molecular weight excluding hydrogens is 510 g/mol. The molecule has 11 heteroatoms. The van der Waals surface area contributed by atoms with Gasteiger partial charge < -0.3 is 10.2 Å². The second-order valence-corrected chi connectivity index (χ2v) is 7.26. The molecule has 0 saturated heterocycles. The first-order valence-electron chi connectivity index (χ1n) is 9.82. The number of carbonyl (C=O) groups excluding carboxylic acids is 4. The van der Waals surface area contributed by atoms with Crippen molar-refractivity contribution in [2.24, 2.45) is 0 Å². The molecule has 174 valence electrons. The van der Waals surface area contributed by atoms with Gasteiger partial charge in [-0.3, -0.25) is 19.2 Å². The van der Waals surface area contributed by atoms with E-state index < -0.39 is 35.6 Å². The smallest absolute Gasteiger partial charge is 0.337 e. The SMILES string of the molecule is CC1=CC(=O)N(c2ccccc2C(=O)O)C1=O.CC1=CC(=O)N(c2ccccc2C(=O)O)C1=O.[Zn]. The molecule has 0 atom stereocenters. The van der Waals surface area contributed by atoms with Crippen molar-refractivity contribution < 1.29 is 58.5 Å². The molecule has 4 rings (SSSR count). The first kappa shape index (κ1) is 27.0. The Morgan fingerprint density at radius 3 is 1.20 bits per heavy atom. The Labute approximate surface area is 211 Å². The van der Waals surface area contributed by atoms with E-state index in [1.54, 1.807) is 12.1 Å². The van der Waals surface area contributed by atoms with Gasteiger partial charge >= 0.3 is 11.9 Å². The summed E-state index contributed by atoms with van der Waals surface area (Å²) in [7, 11) is 0. The summed E-state index contributed by atoms with van der Waals surface area (Å²) in [5.74, 6) is -4.34. The molecule has 35 heavy (non-hydrogen) atoms. The van der Waals surface area contributed by atoms with Gasteiger partial charge in [0.25, 0.3) is 23.6 Å². The summed E-state index contributed by atoms with van der Waals surface area (Å²) < 4.78 is 0. The molecule has 2 aliphatic rings. The van der Waals surface area contributed by atoms with Crippen LogP contribution in [-0.2, 0) is 38.7 Å². The zero-order valence-electron chi connectivity index (χ0n) is 18.7. The molecular formula is C24H18N2O8Zn. The van der Waals surface area contributed by atoms with Crippen LogP contribution in [0.2, 0.25) is 0 Å². The maximum Gasteiger partial charge on any atom is 0.337 e. The largest absolute Gasteiger partial charge is 0.478 e. The maximum absolute atomic E-state index is 11.7. The Balaban J connectivity index is 0.000000240. The maximum atomic E-state index is 11.7. The molecule has 2 aromatic rings. The third-order valence-corrected chi connectivity index (χ3v) is 4.95. The van der Waals surface area contributed by atoms with Crippen molar-refractivity contribution in [3.63, 3.8) is 0 Å². The van der Waals surface area contributed by atoms with Crippen molar-refractivity contribution in [3.05, 3.63) is 83.0 Å². The van der Waals surface area contributed by atoms with Crippen LogP contribution in [0.15, 0.2) is 71.8 Å².